The Morgan fingerprint density at radius 3 is 2.32 bits per heavy atom. The van der Waals surface area contributed by atoms with E-state index in [4.69, 9.17) is 10.6 Å². The summed E-state index contributed by atoms with van der Waals surface area (Å²) in [4.78, 5) is 29.0. The molecule has 0 heterocycles. The number of nitrogens with one attached hydrogen (secondary N) is 1. The molecule has 3 aromatic rings. The lowest BCUT2D eigenvalue weighted by molar-refractivity contribution is 0.0596. The van der Waals surface area contributed by atoms with Gasteiger partial charge in [-0.2, -0.15) is 0 Å². The maximum atomic E-state index is 12.0. The van der Waals surface area contributed by atoms with Gasteiger partial charge in [0.15, 0.2) is 0 Å². The number of hydrogen-bond donors (Lipinski definition) is 2. The van der Waals surface area contributed by atoms with Crippen molar-refractivity contribution in [1.29, 1.82) is 0 Å². The third-order valence-electron chi connectivity index (χ3n) is 3.80. The lowest BCUT2D eigenvalue weighted by Gasteiger charge is -2.07. The second kappa shape index (κ2) is 8.59. The molecule has 3 N–H and O–H groups in total. The van der Waals surface area contributed by atoms with Gasteiger partial charge in [0.25, 0.3) is 5.91 Å². The zero-order valence-electron chi connectivity index (χ0n) is 15.1. The number of anilines is 2. The van der Waals surface area contributed by atoms with Gasteiger partial charge in [-0.3, -0.25) is 4.79 Å². The van der Waals surface area contributed by atoms with Gasteiger partial charge in [0.1, 0.15) is 0 Å². The van der Waals surface area contributed by atoms with Gasteiger partial charge < -0.3 is 10.6 Å². The summed E-state index contributed by atoms with van der Waals surface area (Å²) in [5, 5.41) is 7.59. The zero-order chi connectivity index (χ0) is 19.9. The fourth-order valence-corrected chi connectivity index (χ4v) is 2.32. The molecular formula is C21H18N4O3. The Balaban J connectivity index is 1.56. The van der Waals surface area contributed by atoms with E-state index in [1.165, 1.54) is 0 Å². The van der Waals surface area contributed by atoms with Gasteiger partial charge in [-0.05, 0) is 67.6 Å². The van der Waals surface area contributed by atoms with E-state index in [0.717, 1.165) is 5.56 Å². The number of hydrogen-bond acceptors (Lipinski definition) is 6. The average molecular weight is 374 g/mol. The van der Waals surface area contributed by atoms with Gasteiger partial charge in [-0.1, -0.05) is 17.7 Å². The van der Waals surface area contributed by atoms with Crippen molar-refractivity contribution < 1.29 is 14.4 Å². The number of nitrogen functional groups attached to an aromatic ring is 1. The van der Waals surface area contributed by atoms with Crippen LogP contribution in [0, 0.1) is 6.92 Å². The highest BCUT2D eigenvalue weighted by Crippen LogP contribution is 2.18. The second-order valence-corrected chi connectivity index (χ2v) is 6.04. The van der Waals surface area contributed by atoms with Crippen molar-refractivity contribution in [3.8, 4) is 0 Å². The van der Waals surface area contributed by atoms with Crippen LogP contribution in [0.2, 0.25) is 0 Å². The Kier molecular flexibility index (Phi) is 5.76. The third-order valence-corrected chi connectivity index (χ3v) is 3.80. The first kappa shape index (κ1) is 18.8. The monoisotopic (exact) mass is 374 g/mol. The SMILES string of the molecule is Cc1cccc(C(=O)ONc2ccc(N=NC(=O)c3ccc(N)cc3)cc2)c1. The number of aryl methyl sites for hydroxylation is 1. The number of amides is 1. The predicted molar refractivity (Wildman–Crippen MR) is 106 cm³/mol. The molecule has 0 aliphatic carbocycles. The molecule has 3 rings (SSSR count). The molecule has 7 heteroatoms. The molecule has 0 radical (unpaired) electrons. The quantitative estimate of drug-likeness (QED) is 0.383. The average Bonchev–Trinajstić information content (AvgIpc) is 2.71. The van der Waals surface area contributed by atoms with Gasteiger partial charge in [0.05, 0.1) is 16.9 Å². The van der Waals surface area contributed by atoms with Crippen LogP contribution in [0.25, 0.3) is 0 Å². The van der Waals surface area contributed by atoms with Crippen LogP contribution in [0.3, 0.4) is 0 Å². The van der Waals surface area contributed by atoms with E-state index < -0.39 is 11.9 Å². The van der Waals surface area contributed by atoms with Gasteiger partial charge in [-0.25, -0.2) is 10.3 Å². The summed E-state index contributed by atoms with van der Waals surface area (Å²) in [6.45, 7) is 1.90. The van der Waals surface area contributed by atoms with Crippen LogP contribution in [0.5, 0.6) is 0 Å². The van der Waals surface area contributed by atoms with Crippen molar-refractivity contribution in [2.75, 3.05) is 11.2 Å². The van der Waals surface area contributed by atoms with Crippen molar-refractivity contribution in [1.82, 2.24) is 0 Å². The van der Waals surface area contributed by atoms with E-state index in [1.54, 1.807) is 66.7 Å². The van der Waals surface area contributed by atoms with Crippen LogP contribution in [-0.2, 0) is 4.84 Å². The Labute approximate surface area is 161 Å². The molecule has 0 atom stereocenters. The number of nitrogens with two attached hydrogens (primary N) is 1. The fourth-order valence-electron chi connectivity index (χ4n) is 2.32. The summed E-state index contributed by atoms with van der Waals surface area (Å²) in [5.74, 6) is -0.948. The number of carbonyl (C=O) groups is 2. The van der Waals surface area contributed by atoms with Crippen molar-refractivity contribution >= 4 is 28.9 Å². The summed E-state index contributed by atoms with van der Waals surface area (Å²) in [6.07, 6.45) is 0. The number of nitrogens with zero attached hydrogens (tertiary/aromatic N) is 2. The van der Waals surface area contributed by atoms with Crippen molar-refractivity contribution in [3.63, 3.8) is 0 Å². The second-order valence-electron chi connectivity index (χ2n) is 6.04. The summed E-state index contributed by atoms with van der Waals surface area (Å²) >= 11 is 0. The zero-order valence-corrected chi connectivity index (χ0v) is 15.1. The largest absolute Gasteiger partial charge is 0.399 e. The Morgan fingerprint density at radius 1 is 0.929 bits per heavy atom. The summed E-state index contributed by atoms with van der Waals surface area (Å²) in [6, 6.07) is 20.1. The van der Waals surface area contributed by atoms with Gasteiger partial charge in [0.2, 0.25) is 0 Å². The molecule has 28 heavy (non-hydrogen) atoms. The van der Waals surface area contributed by atoms with E-state index in [2.05, 4.69) is 15.7 Å². The van der Waals surface area contributed by atoms with Crippen LogP contribution in [0.15, 0.2) is 83.0 Å². The predicted octanol–water partition coefficient (Wildman–Crippen LogP) is 4.69. The van der Waals surface area contributed by atoms with Crippen LogP contribution >= 0.6 is 0 Å². The number of azo groups is 1. The summed E-state index contributed by atoms with van der Waals surface area (Å²) in [7, 11) is 0. The fraction of sp³-hybridized carbons (Fsp3) is 0.0476. The van der Waals surface area contributed by atoms with Crippen LogP contribution < -0.4 is 11.2 Å². The van der Waals surface area contributed by atoms with Crippen LogP contribution in [0.1, 0.15) is 26.3 Å². The molecule has 0 aromatic heterocycles. The van der Waals surface area contributed by atoms with Gasteiger partial charge in [0, 0.05) is 11.3 Å². The van der Waals surface area contributed by atoms with E-state index in [0.29, 0.717) is 28.2 Å². The van der Waals surface area contributed by atoms with Crippen LogP contribution in [0.4, 0.5) is 17.1 Å². The molecule has 0 saturated carbocycles. The van der Waals surface area contributed by atoms with Crippen LogP contribution in [-0.4, -0.2) is 11.9 Å². The van der Waals surface area contributed by atoms with Crippen molar-refractivity contribution in [2.45, 2.75) is 6.92 Å². The molecule has 0 aliphatic heterocycles. The van der Waals surface area contributed by atoms with Crippen molar-refractivity contribution in [2.24, 2.45) is 10.2 Å². The highest BCUT2D eigenvalue weighted by atomic mass is 16.7. The molecule has 3 aromatic carbocycles. The molecule has 0 spiro atoms. The number of benzene rings is 3. The first-order valence-corrected chi connectivity index (χ1v) is 8.47. The lowest BCUT2D eigenvalue weighted by atomic mass is 10.1. The van der Waals surface area contributed by atoms with Crippen molar-refractivity contribution in [3.05, 3.63) is 89.5 Å². The molecule has 0 unspecified atom stereocenters. The Hall–Kier alpha value is -4.00. The third kappa shape index (κ3) is 5.01. The van der Waals surface area contributed by atoms with E-state index in [1.807, 2.05) is 13.0 Å². The first-order chi connectivity index (χ1) is 13.5. The minimum atomic E-state index is -0.485. The normalized spacial score (nSPS) is 10.6. The molecule has 0 bridgehead atoms. The molecule has 0 fully saturated rings. The molecule has 0 aliphatic rings. The topological polar surface area (TPSA) is 106 Å². The molecule has 7 nitrogen and oxygen atoms in total. The number of carbonyl (C=O) groups excluding carboxylic acids is 2. The van der Waals surface area contributed by atoms with Gasteiger partial charge >= 0.3 is 5.97 Å². The molecule has 0 saturated heterocycles. The van der Waals surface area contributed by atoms with E-state index in [-0.39, 0.29) is 0 Å². The lowest BCUT2D eigenvalue weighted by Crippen LogP contribution is -2.10. The Bertz CT molecular complexity index is 1010. The molecular weight excluding hydrogens is 356 g/mol. The number of rotatable bonds is 5. The standard InChI is InChI=1S/C21H18N4O3/c1-14-3-2-4-16(13-14)21(27)28-25-19-11-9-18(10-12-19)23-24-20(26)15-5-7-17(22)8-6-15/h2-13,25H,22H2,1H3. The molecule has 1 amide bonds. The van der Waals surface area contributed by atoms with E-state index in [9.17, 15) is 9.59 Å². The minimum Gasteiger partial charge on any atom is -0.399 e. The summed E-state index contributed by atoms with van der Waals surface area (Å²) < 4.78 is 0. The minimum absolute atomic E-state index is 0.402. The maximum absolute atomic E-state index is 12.0. The van der Waals surface area contributed by atoms with Gasteiger partial charge in [-0.15, -0.1) is 10.2 Å². The highest BCUT2D eigenvalue weighted by molar-refractivity contribution is 5.95. The highest BCUT2D eigenvalue weighted by Gasteiger charge is 2.07. The van der Waals surface area contributed by atoms with E-state index >= 15 is 0 Å². The molecule has 140 valence electrons. The summed E-state index contributed by atoms with van der Waals surface area (Å²) in [5.41, 5.74) is 11.6. The Morgan fingerprint density at radius 2 is 1.64 bits per heavy atom. The maximum Gasteiger partial charge on any atom is 0.362 e. The first-order valence-electron chi connectivity index (χ1n) is 8.47. The smallest absolute Gasteiger partial charge is 0.362 e.